The van der Waals surface area contributed by atoms with Crippen molar-refractivity contribution in [3.05, 3.63) is 40.9 Å². The van der Waals surface area contributed by atoms with Crippen LogP contribution in [0.25, 0.3) is 11.1 Å². The van der Waals surface area contributed by atoms with Gasteiger partial charge in [-0.15, -0.1) is 0 Å². The summed E-state index contributed by atoms with van der Waals surface area (Å²) in [5, 5.41) is 7.47. The number of hydrogen-bond acceptors (Lipinski definition) is 7. The van der Waals surface area contributed by atoms with Crippen LogP contribution < -0.4 is 5.32 Å². The van der Waals surface area contributed by atoms with Crippen molar-refractivity contribution < 1.29 is 18.7 Å². The molecule has 2 aromatic heterocycles. The number of likely N-dealkylation sites (tertiary alicyclic amines) is 1. The minimum absolute atomic E-state index is 0.205. The molecule has 0 atom stereocenters. The number of nitrogens with zero attached hydrogens (tertiary/aromatic N) is 4. The Morgan fingerprint density at radius 2 is 2.10 bits per heavy atom. The first-order chi connectivity index (χ1) is 14.9. The Labute approximate surface area is 184 Å². The molecule has 1 aromatic carbocycles. The molecule has 0 radical (unpaired) electrons. The second-order valence-corrected chi connectivity index (χ2v) is 7.95. The summed E-state index contributed by atoms with van der Waals surface area (Å²) < 4.78 is 12.4. The summed E-state index contributed by atoms with van der Waals surface area (Å²) in [4.78, 5) is 31.3. The normalized spacial score (nSPS) is 15.3. The van der Waals surface area contributed by atoms with E-state index >= 15 is 0 Å². The smallest absolute Gasteiger partial charge is 0.343 e. The van der Waals surface area contributed by atoms with Crippen LogP contribution in [0.15, 0.2) is 28.8 Å². The molecule has 1 N–H and O–H groups in total. The molecule has 3 heterocycles. The molecule has 0 unspecified atom stereocenters. The van der Waals surface area contributed by atoms with Gasteiger partial charge in [-0.25, -0.2) is 9.78 Å². The first-order valence-electron chi connectivity index (χ1n) is 10.2. The zero-order valence-corrected chi connectivity index (χ0v) is 18.2. The van der Waals surface area contributed by atoms with Crippen molar-refractivity contribution in [3.63, 3.8) is 0 Å². The summed E-state index contributed by atoms with van der Waals surface area (Å²) in [5.41, 5.74) is 1.74. The lowest BCUT2D eigenvalue weighted by Crippen LogP contribution is -2.39. The molecule has 3 aromatic rings. The fraction of sp³-hybridized carbons (Fsp3) is 0.429. The summed E-state index contributed by atoms with van der Waals surface area (Å²) in [6.45, 7) is 3.69. The largest absolute Gasteiger partial charge is 0.462 e. The number of fused-ring (bicyclic) bond motifs is 1. The number of rotatable bonds is 6. The molecule has 0 saturated carbocycles. The minimum Gasteiger partial charge on any atom is -0.462 e. The molecule has 1 amide bonds. The maximum atomic E-state index is 12.6. The number of benzene rings is 1. The van der Waals surface area contributed by atoms with Gasteiger partial charge >= 0.3 is 5.97 Å². The van der Waals surface area contributed by atoms with Crippen molar-refractivity contribution in [1.82, 2.24) is 19.7 Å². The highest BCUT2D eigenvalue weighted by Gasteiger charge is 2.26. The van der Waals surface area contributed by atoms with Gasteiger partial charge in [0.25, 0.3) is 0 Å². The van der Waals surface area contributed by atoms with Gasteiger partial charge in [0, 0.05) is 18.0 Å². The van der Waals surface area contributed by atoms with Crippen molar-refractivity contribution in [2.24, 2.45) is 7.05 Å². The van der Waals surface area contributed by atoms with Gasteiger partial charge in [0.05, 0.1) is 19.3 Å². The molecular formula is C21H24ClN5O4. The van der Waals surface area contributed by atoms with E-state index in [2.05, 4.69) is 20.3 Å². The Hall–Kier alpha value is -2.91. The predicted molar refractivity (Wildman–Crippen MR) is 115 cm³/mol. The highest BCUT2D eigenvalue weighted by molar-refractivity contribution is 6.31. The zero-order chi connectivity index (χ0) is 22.0. The number of halogens is 1. The maximum absolute atomic E-state index is 12.6. The molecule has 1 aliphatic rings. The van der Waals surface area contributed by atoms with Crippen LogP contribution in [0.2, 0.25) is 5.02 Å². The molecule has 0 aliphatic carbocycles. The molecule has 0 spiro atoms. The molecule has 9 nitrogen and oxygen atoms in total. The van der Waals surface area contributed by atoms with Crippen LogP contribution >= 0.6 is 11.6 Å². The van der Waals surface area contributed by atoms with Gasteiger partial charge < -0.3 is 14.5 Å². The monoisotopic (exact) mass is 445 g/mol. The van der Waals surface area contributed by atoms with Crippen molar-refractivity contribution in [3.8, 4) is 0 Å². The molecule has 4 rings (SSSR count). The van der Waals surface area contributed by atoms with Gasteiger partial charge in [-0.2, -0.15) is 5.10 Å². The molecule has 1 aliphatic heterocycles. The second-order valence-electron chi connectivity index (χ2n) is 7.51. The van der Waals surface area contributed by atoms with Gasteiger partial charge in [0.2, 0.25) is 5.91 Å². The summed E-state index contributed by atoms with van der Waals surface area (Å²) in [5.74, 6) is 0.548. The molecule has 1 fully saturated rings. The number of esters is 1. The van der Waals surface area contributed by atoms with Crippen molar-refractivity contribution in [2.75, 3.05) is 31.6 Å². The van der Waals surface area contributed by atoms with Gasteiger partial charge in [0.15, 0.2) is 11.5 Å². The quantitative estimate of drug-likeness (QED) is 0.581. The van der Waals surface area contributed by atoms with Crippen LogP contribution in [0.4, 0.5) is 5.82 Å². The van der Waals surface area contributed by atoms with Crippen LogP contribution in [-0.2, 0) is 16.6 Å². The minimum atomic E-state index is -0.508. The van der Waals surface area contributed by atoms with E-state index in [1.807, 2.05) is 6.07 Å². The number of ether oxygens (including phenoxy) is 1. The van der Waals surface area contributed by atoms with E-state index in [1.54, 1.807) is 26.1 Å². The Bertz CT molecular complexity index is 1100. The second kappa shape index (κ2) is 9.07. The third-order valence-electron chi connectivity index (χ3n) is 5.36. The Balaban J connectivity index is 1.33. The average molecular weight is 446 g/mol. The van der Waals surface area contributed by atoms with E-state index < -0.39 is 5.97 Å². The zero-order valence-electron chi connectivity index (χ0n) is 17.4. The van der Waals surface area contributed by atoms with Crippen LogP contribution in [0.1, 0.15) is 41.9 Å². The number of aryl methyl sites for hydroxylation is 1. The fourth-order valence-corrected chi connectivity index (χ4v) is 3.92. The Morgan fingerprint density at radius 3 is 2.84 bits per heavy atom. The molecule has 31 heavy (non-hydrogen) atoms. The lowest BCUT2D eigenvalue weighted by atomic mass is 9.97. The number of nitrogens with one attached hydrogen (secondary N) is 1. The molecule has 164 valence electrons. The third kappa shape index (κ3) is 4.72. The number of hydrogen-bond donors (Lipinski definition) is 1. The predicted octanol–water partition coefficient (Wildman–Crippen LogP) is 3.21. The van der Waals surface area contributed by atoms with Gasteiger partial charge in [0.1, 0.15) is 16.9 Å². The van der Waals surface area contributed by atoms with E-state index in [-0.39, 0.29) is 30.5 Å². The fourth-order valence-electron chi connectivity index (χ4n) is 3.75. The first kappa shape index (κ1) is 21.3. The number of carbonyl (C=O) groups excluding carboxylic acids is 2. The number of piperidine rings is 1. The summed E-state index contributed by atoms with van der Waals surface area (Å²) in [7, 11) is 1.66. The number of anilines is 1. The highest BCUT2D eigenvalue weighted by atomic mass is 35.5. The molecule has 1 saturated heterocycles. The number of oxazole rings is 1. The van der Waals surface area contributed by atoms with Crippen LogP contribution in [-0.4, -0.2) is 57.8 Å². The van der Waals surface area contributed by atoms with Crippen LogP contribution in [0.3, 0.4) is 0 Å². The molecule has 10 heteroatoms. The van der Waals surface area contributed by atoms with Gasteiger partial charge in [-0.3, -0.25) is 14.4 Å². The molecular weight excluding hydrogens is 422 g/mol. The average Bonchev–Trinajstić information content (AvgIpc) is 3.32. The maximum Gasteiger partial charge on any atom is 0.343 e. The van der Waals surface area contributed by atoms with E-state index in [0.717, 1.165) is 42.9 Å². The van der Waals surface area contributed by atoms with Crippen molar-refractivity contribution >= 4 is 40.4 Å². The third-order valence-corrected chi connectivity index (χ3v) is 5.60. The molecule has 0 bridgehead atoms. The van der Waals surface area contributed by atoms with E-state index in [9.17, 15) is 9.59 Å². The van der Waals surface area contributed by atoms with Crippen molar-refractivity contribution in [2.45, 2.75) is 25.7 Å². The van der Waals surface area contributed by atoms with E-state index in [1.165, 1.54) is 10.9 Å². The summed E-state index contributed by atoms with van der Waals surface area (Å²) >= 11 is 6.03. The van der Waals surface area contributed by atoms with Crippen molar-refractivity contribution in [1.29, 1.82) is 0 Å². The number of aromatic nitrogens is 3. The lowest BCUT2D eigenvalue weighted by molar-refractivity contribution is -0.117. The van der Waals surface area contributed by atoms with Crippen LogP contribution in [0, 0.1) is 0 Å². The number of amides is 1. The SMILES string of the molecule is CCOC(=O)c1cnn(C)c1NC(=O)CN1CCC(c2nc3cc(Cl)ccc3o2)CC1. The van der Waals surface area contributed by atoms with Crippen LogP contribution in [0.5, 0.6) is 0 Å². The topological polar surface area (TPSA) is 102 Å². The first-order valence-corrected chi connectivity index (χ1v) is 10.6. The van der Waals surface area contributed by atoms with Gasteiger partial charge in [-0.1, -0.05) is 11.6 Å². The van der Waals surface area contributed by atoms with E-state index in [4.69, 9.17) is 20.8 Å². The highest BCUT2D eigenvalue weighted by Crippen LogP contribution is 2.30. The standard InChI is InChI=1S/C21H24ClN5O4/c1-3-30-21(29)15-11-23-26(2)19(15)25-18(28)12-27-8-6-13(7-9-27)20-24-16-10-14(22)4-5-17(16)31-20/h4-5,10-11,13H,3,6-9,12H2,1-2H3,(H,25,28). The Kier molecular flexibility index (Phi) is 6.24. The van der Waals surface area contributed by atoms with E-state index in [0.29, 0.717) is 10.8 Å². The summed E-state index contributed by atoms with van der Waals surface area (Å²) in [6, 6.07) is 5.42. The lowest BCUT2D eigenvalue weighted by Gasteiger charge is -2.29. The summed E-state index contributed by atoms with van der Waals surface area (Å²) in [6.07, 6.45) is 3.08. The van der Waals surface area contributed by atoms with Gasteiger partial charge in [-0.05, 0) is 51.1 Å². The Morgan fingerprint density at radius 1 is 1.32 bits per heavy atom. The number of carbonyl (C=O) groups is 2.